The Morgan fingerprint density at radius 1 is 1.36 bits per heavy atom. The molecule has 0 saturated heterocycles. The number of halogens is 1. The van der Waals surface area contributed by atoms with Gasteiger partial charge in [0.1, 0.15) is 5.15 Å². The molecule has 0 saturated carbocycles. The molecule has 0 amide bonds. The Balaban J connectivity index is 2.77. The third-order valence-electron chi connectivity index (χ3n) is 2.59. The van der Waals surface area contributed by atoms with Gasteiger partial charge < -0.3 is 5.11 Å². The van der Waals surface area contributed by atoms with Crippen LogP contribution in [-0.4, -0.2) is 10.1 Å². The van der Waals surface area contributed by atoms with E-state index in [1.807, 2.05) is 6.07 Å². The van der Waals surface area contributed by atoms with Crippen molar-refractivity contribution in [1.82, 2.24) is 4.98 Å². The van der Waals surface area contributed by atoms with Gasteiger partial charge in [0.05, 0.1) is 6.10 Å². The second kappa shape index (κ2) is 5.32. The number of rotatable bonds is 4. The molecular weight excluding hydrogens is 198 g/mol. The lowest BCUT2D eigenvalue weighted by Gasteiger charge is -2.19. The first kappa shape index (κ1) is 11.5. The van der Waals surface area contributed by atoms with Crippen LogP contribution in [0.2, 0.25) is 5.15 Å². The summed E-state index contributed by atoms with van der Waals surface area (Å²) in [5, 5.41) is 10.5. The van der Waals surface area contributed by atoms with E-state index in [4.69, 9.17) is 11.6 Å². The molecule has 1 heterocycles. The number of aliphatic hydroxyl groups is 1. The summed E-state index contributed by atoms with van der Waals surface area (Å²) in [6.07, 6.45) is 3.17. The van der Waals surface area contributed by atoms with Crippen molar-refractivity contribution in [1.29, 1.82) is 0 Å². The summed E-state index contributed by atoms with van der Waals surface area (Å²) < 4.78 is 0. The molecule has 78 valence electrons. The zero-order valence-electron chi connectivity index (χ0n) is 8.57. The second-order valence-corrected chi connectivity index (χ2v) is 3.82. The molecule has 0 fully saturated rings. The molecule has 1 aromatic rings. The van der Waals surface area contributed by atoms with Crippen molar-refractivity contribution >= 4 is 11.6 Å². The Hall–Kier alpha value is -0.600. The van der Waals surface area contributed by atoms with Crippen molar-refractivity contribution in [2.45, 2.75) is 32.8 Å². The van der Waals surface area contributed by atoms with Crippen LogP contribution < -0.4 is 0 Å². The van der Waals surface area contributed by atoms with Gasteiger partial charge in [0, 0.05) is 6.20 Å². The lowest BCUT2D eigenvalue weighted by atomic mass is 9.92. The lowest BCUT2D eigenvalue weighted by Crippen LogP contribution is -2.10. The minimum absolute atomic E-state index is 0.304. The summed E-state index contributed by atoms with van der Waals surface area (Å²) >= 11 is 5.67. The van der Waals surface area contributed by atoms with E-state index in [2.05, 4.69) is 18.8 Å². The van der Waals surface area contributed by atoms with Gasteiger partial charge in [-0.3, -0.25) is 0 Å². The summed E-state index contributed by atoms with van der Waals surface area (Å²) in [6, 6.07) is 3.54. The Morgan fingerprint density at radius 2 is 2.00 bits per heavy atom. The van der Waals surface area contributed by atoms with Crippen LogP contribution in [0.1, 0.15) is 38.4 Å². The van der Waals surface area contributed by atoms with E-state index >= 15 is 0 Å². The fourth-order valence-electron chi connectivity index (χ4n) is 1.57. The highest BCUT2D eigenvalue weighted by atomic mass is 35.5. The topological polar surface area (TPSA) is 33.1 Å². The normalized spacial score (nSPS) is 13.2. The molecule has 1 N–H and O–H groups in total. The molecule has 2 nitrogen and oxygen atoms in total. The average molecular weight is 214 g/mol. The molecule has 0 aromatic carbocycles. The third-order valence-corrected chi connectivity index (χ3v) is 2.81. The molecule has 0 radical (unpaired) electrons. The van der Waals surface area contributed by atoms with Gasteiger partial charge in [-0.15, -0.1) is 0 Å². The van der Waals surface area contributed by atoms with Gasteiger partial charge in [0.15, 0.2) is 0 Å². The number of aromatic nitrogens is 1. The monoisotopic (exact) mass is 213 g/mol. The summed E-state index contributed by atoms with van der Waals surface area (Å²) in [4.78, 5) is 3.96. The molecule has 0 bridgehead atoms. The number of aliphatic hydroxyl groups excluding tert-OH is 1. The van der Waals surface area contributed by atoms with Crippen molar-refractivity contribution in [2.75, 3.05) is 0 Å². The van der Waals surface area contributed by atoms with Crippen LogP contribution in [-0.2, 0) is 0 Å². The van der Waals surface area contributed by atoms with E-state index in [0.29, 0.717) is 11.1 Å². The number of pyridine rings is 1. The van der Waals surface area contributed by atoms with Crippen molar-refractivity contribution in [3.05, 3.63) is 29.0 Å². The summed E-state index contributed by atoms with van der Waals surface area (Å²) in [6.45, 7) is 4.17. The van der Waals surface area contributed by atoms with Crippen LogP contribution in [0, 0.1) is 5.92 Å². The van der Waals surface area contributed by atoms with Crippen molar-refractivity contribution in [2.24, 2.45) is 5.92 Å². The van der Waals surface area contributed by atoms with Crippen molar-refractivity contribution in [3.8, 4) is 0 Å². The van der Waals surface area contributed by atoms with E-state index in [9.17, 15) is 5.11 Å². The Morgan fingerprint density at radius 3 is 2.43 bits per heavy atom. The van der Waals surface area contributed by atoms with E-state index in [0.717, 1.165) is 18.4 Å². The molecule has 0 aliphatic carbocycles. The number of hydrogen-bond acceptors (Lipinski definition) is 2. The maximum absolute atomic E-state index is 9.99. The van der Waals surface area contributed by atoms with Crippen LogP contribution in [0.5, 0.6) is 0 Å². The SMILES string of the molecule is CCC(CC)C(O)c1ccc(Cl)nc1. The van der Waals surface area contributed by atoms with Gasteiger partial charge in [-0.2, -0.15) is 0 Å². The first-order chi connectivity index (χ1) is 6.69. The molecule has 14 heavy (non-hydrogen) atoms. The lowest BCUT2D eigenvalue weighted by molar-refractivity contribution is 0.103. The fraction of sp³-hybridized carbons (Fsp3) is 0.545. The van der Waals surface area contributed by atoms with E-state index in [1.54, 1.807) is 12.3 Å². The Bertz CT molecular complexity index is 269. The predicted molar refractivity (Wildman–Crippen MR) is 58.3 cm³/mol. The quantitative estimate of drug-likeness (QED) is 0.780. The minimum Gasteiger partial charge on any atom is -0.388 e. The van der Waals surface area contributed by atoms with Crippen LogP contribution in [0.4, 0.5) is 0 Å². The fourth-order valence-corrected chi connectivity index (χ4v) is 1.68. The molecule has 1 atom stereocenters. The van der Waals surface area contributed by atoms with E-state index in [1.165, 1.54) is 0 Å². The highest BCUT2D eigenvalue weighted by Gasteiger charge is 2.17. The highest BCUT2D eigenvalue weighted by molar-refractivity contribution is 6.29. The van der Waals surface area contributed by atoms with Gasteiger partial charge in [0.2, 0.25) is 0 Å². The predicted octanol–water partition coefficient (Wildman–Crippen LogP) is 3.20. The van der Waals surface area contributed by atoms with Crippen LogP contribution in [0.25, 0.3) is 0 Å². The Kier molecular flexibility index (Phi) is 4.36. The highest BCUT2D eigenvalue weighted by Crippen LogP contribution is 2.26. The smallest absolute Gasteiger partial charge is 0.129 e. The van der Waals surface area contributed by atoms with Gasteiger partial charge in [-0.1, -0.05) is 44.4 Å². The van der Waals surface area contributed by atoms with E-state index in [-0.39, 0.29) is 0 Å². The largest absolute Gasteiger partial charge is 0.388 e. The van der Waals surface area contributed by atoms with Crippen LogP contribution in [0.3, 0.4) is 0 Å². The summed E-state index contributed by atoms with van der Waals surface area (Å²) in [5.41, 5.74) is 0.850. The summed E-state index contributed by atoms with van der Waals surface area (Å²) in [7, 11) is 0. The average Bonchev–Trinajstić information content (AvgIpc) is 2.20. The van der Waals surface area contributed by atoms with Gasteiger partial charge in [-0.05, 0) is 17.5 Å². The summed E-state index contributed by atoms with van der Waals surface area (Å²) in [5.74, 6) is 0.304. The zero-order chi connectivity index (χ0) is 10.6. The second-order valence-electron chi connectivity index (χ2n) is 3.44. The van der Waals surface area contributed by atoms with Gasteiger partial charge in [0.25, 0.3) is 0 Å². The molecule has 1 unspecified atom stereocenters. The van der Waals surface area contributed by atoms with Crippen molar-refractivity contribution in [3.63, 3.8) is 0 Å². The molecule has 0 spiro atoms. The maximum atomic E-state index is 9.99. The van der Waals surface area contributed by atoms with Crippen LogP contribution in [0.15, 0.2) is 18.3 Å². The maximum Gasteiger partial charge on any atom is 0.129 e. The first-order valence-electron chi connectivity index (χ1n) is 4.98. The van der Waals surface area contributed by atoms with Gasteiger partial charge in [-0.25, -0.2) is 4.98 Å². The first-order valence-corrected chi connectivity index (χ1v) is 5.36. The zero-order valence-corrected chi connectivity index (χ0v) is 9.33. The molecule has 0 aliphatic rings. The minimum atomic E-state index is -0.422. The standard InChI is InChI=1S/C11H16ClNO/c1-3-8(4-2)11(14)9-5-6-10(12)13-7-9/h5-8,11,14H,3-4H2,1-2H3. The molecule has 1 aromatic heterocycles. The van der Waals surface area contributed by atoms with Gasteiger partial charge >= 0.3 is 0 Å². The molecular formula is C11H16ClNO. The molecule has 1 rings (SSSR count). The number of nitrogens with zero attached hydrogens (tertiary/aromatic N) is 1. The van der Waals surface area contributed by atoms with E-state index < -0.39 is 6.10 Å². The molecule has 0 aliphatic heterocycles. The Labute approximate surface area is 89.9 Å². The molecule has 3 heteroatoms. The van der Waals surface area contributed by atoms with Crippen molar-refractivity contribution < 1.29 is 5.11 Å². The van der Waals surface area contributed by atoms with Crippen LogP contribution >= 0.6 is 11.6 Å². The number of hydrogen-bond donors (Lipinski definition) is 1. The third kappa shape index (κ3) is 2.69.